The summed E-state index contributed by atoms with van der Waals surface area (Å²) in [6, 6.07) is 8.10. The van der Waals surface area contributed by atoms with Crippen molar-refractivity contribution in [2.45, 2.75) is 13.2 Å². The van der Waals surface area contributed by atoms with Crippen molar-refractivity contribution in [3.8, 4) is 11.5 Å². The number of benzene rings is 2. The van der Waals surface area contributed by atoms with E-state index in [-0.39, 0.29) is 12.4 Å². The molecule has 0 amide bonds. The molecule has 0 heterocycles. The Labute approximate surface area is 139 Å². The van der Waals surface area contributed by atoms with Gasteiger partial charge in [0.05, 0.1) is 16.1 Å². The van der Waals surface area contributed by atoms with Crippen molar-refractivity contribution in [2.75, 3.05) is 7.11 Å². The molecule has 0 saturated carbocycles. The summed E-state index contributed by atoms with van der Waals surface area (Å²) in [7, 11) is 1.59. The topological polar surface area (TPSA) is 44.5 Å². The van der Waals surface area contributed by atoms with E-state index in [4.69, 9.17) is 15.2 Å². The average Bonchev–Trinajstić information content (AvgIpc) is 2.47. The fourth-order valence-electron chi connectivity index (χ4n) is 1.86. The third kappa shape index (κ3) is 3.96. The Hall–Kier alpha value is -1.11. The fraction of sp³-hybridized carbons (Fsp3) is 0.200. The number of methoxy groups -OCH3 is 1. The van der Waals surface area contributed by atoms with Crippen LogP contribution in [0.5, 0.6) is 11.5 Å². The smallest absolute Gasteiger partial charge is 0.135 e. The summed E-state index contributed by atoms with van der Waals surface area (Å²) in [5.74, 6) is 1.03. The maximum absolute atomic E-state index is 13.3. The Bertz CT molecular complexity index is 650. The van der Waals surface area contributed by atoms with Crippen LogP contribution >= 0.6 is 31.9 Å². The minimum absolute atomic E-state index is 0.238. The quantitative estimate of drug-likeness (QED) is 0.782. The van der Waals surface area contributed by atoms with E-state index < -0.39 is 0 Å². The highest BCUT2D eigenvalue weighted by Gasteiger charge is 2.10. The van der Waals surface area contributed by atoms with Crippen LogP contribution in [-0.2, 0) is 13.2 Å². The molecule has 2 N–H and O–H groups in total. The van der Waals surface area contributed by atoms with Gasteiger partial charge in [-0.2, -0.15) is 0 Å². The van der Waals surface area contributed by atoms with Crippen molar-refractivity contribution >= 4 is 31.9 Å². The van der Waals surface area contributed by atoms with Crippen LogP contribution in [0.1, 0.15) is 11.1 Å². The highest BCUT2D eigenvalue weighted by atomic mass is 79.9. The van der Waals surface area contributed by atoms with E-state index in [9.17, 15) is 4.39 Å². The van der Waals surface area contributed by atoms with Gasteiger partial charge in [-0.15, -0.1) is 0 Å². The lowest BCUT2D eigenvalue weighted by molar-refractivity contribution is 0.301. The first kappa shape index (κ1) is 16.3. The predicted molar refractivity (Wildman–Crippen MR) is 87.0 cm³/mol. The van der Waals surface area contributed by atoms with Crippen LogP contribution < -0.4 is 15.2 Å². The number of ether oxygens (including phenoxy) is 2. The summed E-state index contributed by atoms with van der Waals surface area (Å²) in [4.78, 5) is 0. The van der Waals surface area contributed by atoms with Crippen molar-refractivity contribution < 1.29 is 13.9 Å². The maximum atomic E-state index is 13.3. The summed E-state index contributed by atoms with van der Waals surface area (Å²) in [5.41, 5.74) is 7.24. The molecule has 2 aromatic carbocycles. The molecule has 0 bridgehead atoms. The Morgan fingerprint density at radius 3 is 2.38 bits per heavy atom. The van der Waals surface area contributed by atoms with Gasteiger partial charge in [0.25, 0.3) is 0 Å². The van der Waals surface area contributed by atoms with E-state index in [1.807, 2.05) is 0 Å². The zero-order valence-corrected chi connectivity index (χ0v) is 14.5. The van der Waals surface area contributed by atoms with E-state index in [2.05, 4.69) is 31.9 Å². The Balaban J connectivity index is 2.20. The number of rotatable bonds is 5. The predicted octanol–water partition coefficient (Wildman–Crippen LogP) is 4.40. The van der Waals surface area contributed by atoms with Crippen LogP contribution in [0.25, 0.3) is 0 Å². The lowest BCUT2D eigenvalue weighted by Crippen LogP contribution is -2.05. The summed E-state index contributed by atoms with van der Waals surface area (Å²) in [6.45, 7) is 0.577. The van der Waals surface area contributed by atoms with Crippen LogP contribution in [-0.4, -0.2) is 7.11 Å². The van der Waals surface area contributed by atoms with E-state index in [0.29, 0.717) is 18.0 Å². The molecule has 0 aliphatic heterocycles. The highest BCUT2D eigenvalue weighted by molar-refractivity contribution is 9.11. The van der Waals surface area contributed by atoms with Crippen molar-refractivity contribution in [2.24, 2.45) is 5.73 Å². The van der Waals surface area contributed by atoms with Gasteiger partial charge in [-0.05, 0) is 67.3 Å². The molecule has 112 valence electrons. The van der Waals surface area contributed by atoms with Crippen molar-refractivity contribution in [1.82, 2.24) is 0 Å². The van der Waals surface area contributed by atoms with Gasteiger partial charge in [0, 0.05) is 6.54 Å². The molecule has 0 atom stereocenters. The molecule has 6 heteroatoms. The first-order chi connectivity index (χ1) is 10.0. The Kier molecular flexibility index (Phi) is 5.61. The SMILES string of the molecule is COc1cc(Br)c(OCc2cc(F)ccc2CN)cc1Br. The van der Waals surface area contributed by atoms with Crippen molar-refractivity contribution in [3.63, 3.8) is 0 Å². The lowest BCUT2D eigenvalue weighted by Gasteiger charge is -2.13. The standard InChI is InChI=1S/C15H14Br2FNO2/c1-20-14-5-13(17)15(6-12(14)16)21-8-10-4-11(18)3-2-9(10)7-19/h2-6H,7-8,19H2,1H3. The van der Waals surface area contributed by atoms with Crippen LogP contribution in [0.4, 0.5) is 4.39 Å². The zero-order chi connectivity index (χ0) is 15.4. The molecule has 0 radical (unpaired) electrons. The van der Waals surface area contributed by atoms with E-state index in [0.717, 1.165) is 20.1 Å². The second-order valence-electron chi connectivity index (χ2n) is 4.32. The molecule has 0 saturated heterocycles. The second-order valence-corrected chi connectivity index (χ2v) is 6.03. The largest absolute Gasteiger partial charge is 0.496 e. The lowest BCUT2D eigenvalue weighted by atomic mass is 10.1. The van der Waals surface area contributed by atoms with Gasteiger partial charge in [-0.25, -0.2) is 4.39 Å². The van der Waals surface area contributed by atoms with Gasteiger partial charge in [-0.1, -0.05) is 6.07 Å². The minimum atomic E-state index is -0.305. The zero-order valence-electron chi connectivity index (χ0n) is 11.3. The Morgan fingerprint density at radius 1 is 1.05 bits per heavy atom. The van der Waals surface area contributed by atoms with Crippen LogP contribution in [0.3, 0.4) is 0 Å². The maximum Gasteiger partial charge on any atom is 0.135 e. The first-order valence-electron chi connectivity index (χ1n) is 6.18. The van der Waals surface area contributed by atoms with Gasteiger partial charge in [0.2, 0.25) is 0 Å². The van der Waals surface area contributed by atoms with E-state index >= 15 is 0 Å². The van der Waals surface area contributed by atoms with Gasteiger partial charge in [0.1, 0.15) is 23.9 Å². The molecule has 0 aromatic heterocycles. The summed E-state index contributed by atoms with van der Waals surface area (Å²) >= 11 is 6.82. The Morgan fingerprint density at radius 2 is 1.71 bits per heavy atom. The van der Waals surface area contributed by atoms with Gasteiger partial charge in [0.15, 0.2) is 0 Å². The molecule has 3 nitrogen and oxygen atoms in total. The van der Waals surface area contributed by atoms with Gasteiger partial charge < -0.3 is 15.2 Å². The minimum Gasteiger partial charge on any atom is -0.496 e. The molecule has 0 fully saturated rings. The normalized spacial score (nSPS) is 10.5. The third-order valence-corrected chi connectivity index (χ3v) is 4.22. The molecule has 2 rings (SSSR count). The summed E-state index contributed by atoms with van der Waals surface area (Å²) < 4.78 is 25.8. The number of nitrogens with two attached hydrogens (primary N) is 1. The van der Waals surface area contributed by atoms with Crippen LogP contribution in [0, 0.1) is 5.82 Å². The average molecular weight is 419 g/mol. The van der Waals surface area contributed by atoms with Crippen molar-refractivity contribution in [1.29, 1.82) is 0 Å². The molecule has 2 aromatic rings. The van der Waals surface area contributed by atoms with Crippen LogP contribution in [0.2, 0.25) is 0 Å². The van der Waals surface area contributed by atoms with Gasteiger partial charge in [-0.3, -0.25) is 0 Å². The van der Waals surface area contributed by atoms with Crippen molar-refractivity contribution in [3.05, 3.63) is 56.2 Å². The molecular weight excluding hydrogens is 405 g/mol. The summed E-state index contributed by atoms with van der Waals surface area (Å²) in [5, 5.41) is 0. The van der Waals surface area contributed by atoms with Crippen LogP contribution in [0.15, 0.2) is 39.3 Å². The van der Waals surface area contributed by atoms with Gasteiger partial charge >= 0.3 is 0 Å². The first-order valence-corrected chi connectivity index (χ1v) is 7.77. The monoisotopic (exact) mass is 417 g/mol. The highest BCUT2D eigenvalue weighted by Crippen LogP contribution is 2.36. The molecule has 0 unspecified atom stereocenters. The number of halogens is 3. The second kappa shape index (κ2) is 7.24. The number of hydrogen-bond acceptors (Lipinski definition) is 3. The molecule has 0 spiro atoms. The number of hydrogen-bond donors (Lipinski definition) is 1. The molecular formula is C15H14Br2FNO2. The molecule has 0 aliphatic carbocycles. The molecule has 21 heavy (non-hydrogen) atoms. The fourth-order valence-corrected chi connectivity index (χ4v) is 2.78. The van der Waals surface area contributed by atoms with E-state index in [1.54, 1.807) is 25.3 Å². The molecule has 0 aliphatic rings. The summed E-state index contributed by atoms with van der Waals surface area (Å²) in [6.07, 6.45) is 0. The third-order valence-electron chi connectivity index (χ3n) is 2.98. The van der Waals surface area contributed by atoms with E-state index in [1.165, 1.54) is 12.1 Å².